The summed E-state index contributed by atoms with van der Waals surface area (Å²) in [7, 11) is 0. The number of thiazole rings is 1. The maximum Gasteiger partial charge on any atom is 0.305 e. The highest BCUT2D eigenvalue weighted by molar-refractivity contribution is 8.00. The van der Waals surface area contributed by atoms with E-state index < -0.39 is 0 Å². The van der Waals surface area contributed by atoms with Crippen LogP contribution in [0.5, 0.6) is 0 Å². The largest absolute Gasteiger partial charge is 0.307 e. The van der Waals surface area contributed by atoms with Gasteiger partial charge in [-0.05, 0) is 48.8 Å². The maximum atomic E-state index is 13.7. The van der Waals surface area contributed by atoms with Crippen LogP contribution in [0.15, 0.2) is 64.4 Å². The van der Waals surface area contributed by atoms with Gasteiger partial charge < -0.3 is 4.98 Å². The first-order valence-corrected chi connectivity index (χ1v) is 13.1. The first kappa shape index (κ1) is 19.8. The summed E-state index contributed by atoms with van der Waals surface area (Å²) in [6.45, 7) is 2.00. The molecular formula is C26H22N2O3S2. The number of anilines is 1. The predicted octanol–water partition coefficient (Wildman–Crippen LogP) is 4.42. The van der Waals surface area contributed by atoms with Crippen LogP contribution in [0.1, 0.15) is 28.3 Å². The Balaban J connectivity index is 1.33. The standard InChI is InChI=1S/C26H22N2O3S2/c1-12-7-9-14(10-8-12)28-24(29)19-15-11-16(20(19)25(28)30)21-18(15)17(13-5-3-2-4-6-13)22-23(32-21)27-26(31)33-22/h2-10,15-21H,11H2,1H3,(H,27,31)/t15-,16-,17-,18-,19-,20-,21+/m0/s1. The molecule has 2 aliphatic carbocycles. The number of fused-ring (bicyclic) bond motifs is 9. The molecule has 4 aliphatic rings. The van der Waals surface area contributed by atoms with Crippen LogP contribution >= 0.6 is 23.1 Å². The van der Waals surface area contributed by atoms with Gasteiger partial charge >= 0.3 is 4.87 Å². The SMILES string of the molecule is Cc1ccc(N2C(=O)[C@H]3[C@@H]4C[C@H]([C@@H]3C2=O)[C@H]2[C@H](c3ccccc3)c3sc(=O)[nH]c3S[C@H]42)cc1. The molecule has 2 bridgehead atoms. The van der Waals surface area contributed by atoms with Crippen molar-refractivity contribution < 1.29 is 9.59 Å². The zero-order valence-corrected chi connectivity index (χ0v) is 19.6. The highest BCUT2D eigenvalue weighted by atomic mass is 32.2. The van der Waals surface area contributed by atoms with Gasteiger partial charge in [-0.25, -0.2) is 0 Å². The fourth-order valence-corrected chi connectivity index (χ4v) is 9.89. The second-order valence-corrected chi connectivity index (χ2v) is 11.9. The molecular weight excluding hydrogens is 452 g/mol. The van der Waals surface area contributed by atoms with E-state index in [1.807, 2.05) is 49.4 Å². The normalized spacial score (nSPS) is 33.8. The summed E-state index contributed by atoms with van der Waals surface area (Å²) >= 11 is 3.03. The molecule has 33 heavy (non-hydrogen) atoms. The number of imide groups is 1. The number of aryl methyl sites for hydroxylation is 1. The topological polar surface area (TPSA) is 70.2 Å². The number of nitrogens with zero attached hydrogens (tertiary/aromatic N) is 1. The summed E-state index contributed by atoms with van der Waals surface area (Å²) in [5.41, 5.74) is 2.98. The van der Waals surface area contributed by atoms with E-state index in [9.17, 15) is 14.4 Å². The Morgan fingerprint density at radius 2 is 1.61 bits per heavy atom. The number of hydrogen-bond acceptors (Lipinski definition) is 5. The van der Waals surface area contributed by atoms with Crippen LogP contribution in [0.4, 0.5) is 5.69 Å². The highest BCUT2D eigenvalue weighted by Crippen LogP contribution is 2.68. The van der Waals surface area contributed by atoms with Gasteiger partial charge in [0.25, 0.3) is 0 Å². The molecule has 2 amide bonds. The summed E-state index contributed by atoms with van der Waals surface area (Å²) in [6.07, 6.45) is 0.916. The van der Waals surface area contributed by atoms with E-state index in [2.05, 4.69) is 17.1 Å². The Hall–Kier alpha value is -2.64. The molecule has 0 unspecified atom stereocenters. The zero-order chi connectivity index (χ0) is 22.4. The van der Waals surface area contributed by atoms with Gasteiger partial charge in [-0.1, -0.05) is 59.4 Å². The molecule has 1 saturated heterocycles. The van der Waals surface area contributed by atoms with E-state index in [4.69, 9.17) is 0 Å². The number of hydrogen-bond donors (Lipinski definition) is 1. The van der Waals surface area contributed by atoms with Crippen LogP contribution in [0.3, 0.4) is 0 Å². The van der Waals surface area contributed by atoms with Crippen LogP contribution < -0.4 is 9.77 Å². The van der Waals surface area contributed by atoms with E-state index in [0.29, 0.717) is 5.69 Å². The molecule has 7 rings (SSSR count). The number of benzene rings is 2. The Morgan fingerprint density at radius 3 is 2.33 bits per heavy atom. The van der Waals surface area contributed by atoms with Crippen molar-refractivity contribution in [3.8, 4) is 0 Å². The summed E-state index contributed by atoms with van der Waals surface area (Å²) < 4.78 is 0. The Bertz CT molecular complexity index is 1350. The quantitative estimate of drug-likeness (QED) is 0.558. The summed E-state index contributed by atoms with van der Waals surface area (Å²) in [5.74, 6) is 0.0616. The average Bonchev–Trinajstić information content (AvgIpc) is 3.54. The summed E-state index contributed by atoms with van der Waals surface area (Å²) in [4.78, 5) is 45.1. The third-order valence-corrected chi connectivity index (χ3v) is 10.8. The molecule has 7 heteroatoms. The minimum atomic E-state index is -0.255. The smallest absolute Gasteiger partial charge is 0.305 e. The highest BCUT2D eigenvalue weighted by Gasteiger charge is 2.69. The lowest BCUT2D eigenvalue weighted by Crippen LogP contribution is -2.42. The molecule has 0 radical (unpaired) electrons. The summed E-state index contributed by atoms with van der Waals surface area (Å²) in [5, 5.41) is 1.19. The van der Waals surface area contributed by atoms with Crippen LogP contribution in [0.2, 0.25) is 0 Å². The van der Waals surface area contributed by atoms with Gasteiger partial charge in [0.15, 0.2) is 0 Å². The molecule has 1 aromatic heterocycles. The lowest BCUT2D eigenvalue weighted by Gasteiger charge is -2.43. The van der Waals surface area contributed by atoms with Crippen molar-refractivity contribution in [2.75, 3.05) is 4.90 Å². The van der Waals surface area contributed by atoms with Crippen LogP contribution in [0.25, 0.3) is 0 Å². The fourth-order valence-electron chi connectivity index (χ4n) is 7.00. The Kier molecular flexibility index (Phi) is 4.16. The molecule has 1 N–H and O–H groups in total. The number of H-pyrrole nitrogens is 1. The number of carbonyl (C=O) groups excluding carboxylic acids is 2. The van der Waals surface area contributed by atoms with Crippen molar-refractivity contribution in [2.45, 2.75) is 29.5 Å². The molecule has 3 fully saturated rings. The van der Waals surface area contributed by atoms with Crippen LogP contribution in [0, 0.1) is 36.5 Å². The number of aromatic nitrogens is 1. The van der Waals surface area contributed by atoms with Crippen molar-refractivity contribution in [1.82, 2.24) is 4.98 Å². The number of rotatable bonds is 2. The van der Waals surface area contributed by atoms with Crippen molar-refractivity contribution in [1.29, 1.82) is 0 Å². The van der Waals surface area contributed by atoms with E-state index in [-0.39, 0.29) is 57.4 Å². The molecule has 5 nitrogen and oxygen atoms in total. The Morgan fingerprint density at radius 1 is 0.909 bits per heavy atom. The van der Waals surface area contributed by atoms with E-state index in [0.717, 1.165) is 21.9 Å². The van der Waals surface area contributed by atoms with E-state index in [1.165, 1.54) is 21.8 Å². The molecule has 2 aliphatic heterocycles. The third kappa shape index (κ3) is 2.63. The van der Waals surface area contributed by atoms with Gasteiger partial charge in [-0.2, -0.15) is 0 Å². The average molecular weight is 475 g/mol. The molecule has 2 saturated carbocycles. The van der Waals surface area contributed by atoms with Crippen molar-refractivity contribution in [3.05, 3.63) is 80.3 Å². The molecule has 0 spiro atoms. The first-order chi connectivity index (χ1) is 16.0. The minimum Gasteiger partial charge on any atom is -0.307 e. The molecule has 166 valence electrons. The van der Waals surface area contributed by atoms with Gasteiger partial charge in [0.1, 0.15) is 0 Å². The summed E-state index contributed by atoms with van der Waals surface area (Å²) in [6, 6.07) is 18.0. The van der Waals surface area contributed by atoms with Crippen molar-refractivity contribution in [3.63, 3.8) is 0 Å². The number of aromatic amines is 1. The molecule has 3 heterocycles. The molecule has 2 aromatic carbocycles. The third-order valence-electron chi connectivity index (χ3n) is 8.17. The van der Waals surface area contributed by atoms with Gasteiger partial charge in [0, 0.05) is 16.0 Å². The predicted molar refractivity (Wildman–Crippen MR) is 129 cm³/mol. The molecule has 3 aromatic rings. The number of carbonyl (C=O) groups is 2. The van der Waals surface area contributed by atoms with Gasteiger partial charge in [0.05, 0.1) is 22.5 Å². The van der Waals surface area contributed by atoms with Crippen LogP contribution in [-0.4, -0.2) is 22.0 Å². The van der Waals surface area contributed by atoms with Gasteiger partial charge in [-0.15, -0.1) is 11.8 Å². The van der Waals surface area contributed by atoms with E-state index in [1.54, 1.807) is 11.8 Å². The van der Waals surface area contributed by atoms with Crippen molar-refractivity contribution in [2.24, 2.45) is 29.6 Å². The zero-order valence-electron chi connectivity index (χ0n) is 17.9. The number of thioether (sulfide) groups is 1. The fraction of sp³-hybridized carbons (Fsp3) is 0.346. The second kappa shape index (κ2) is 6.93. The van der Waals surface area contributed by atoms with Crippen molar-refractivity contribution >= 4 is 40.6 Å². The van der Waals surface area contributed by atoms with Gasteiger partial charge in [0.2, 0.25) is 11.8 Å². The number of amides is 2. The molecule has 7 atom stereocenters. The lowest BCUT2D eigenvalue weighted by molar-refractivity contribution is -0.123. The monoisotopic (exact) mass is 474 g/mol. The minimum absolute atomic E-state index is 0.0290. The van der Waals surface area contributed by atoms with E-state index >= 15 is 0 Å². The lowest BCUT2D eigenvalue weighted by atomic mass is 9.68. The first-order valence-electron chi connectivity index (χ1n) is 11.4. The van der Waals surface area contributed by atoms with Crippen LogP contribution in [-0.2, 0) is 9.59 Å². The Labute approximate surface area is 199 Å². The second-order valence-electron chi connectivity index (χ2n) is 9.72. The maximum absolute atomic E-state index is 13.7. The number of nitrogens with one attached hydrogen (secondary N) is 1. The van der Waals surface area contributed by atoms with Gasteiger partial charge in [-0.3, -0.25) is 19.3 Å².